The van der Waals surface area contributed by atoms with Crippen molar-refractivity contribution in [2.45, 2.75) is 0 Å². The molecule has 0 fully saturated rings. The summed E-state index contributed by atoms with van der Waals surface area (Å²) < 4.78 is 27.8. The first-order chi connectivity index (χ1) is 11.0. The van der Waals surface area contributed by atoms with Gasteiger partial charge in [0, 0.05) is 5.69 Å². The van der Waals surface area contributed by atoms with E-state index in [0.29, 0.717) is 5.69 Å². The molecule has 0 atom stereocenters. The summed E-state index contributed by atoms with van der Waals surface area (Å²) in [6, 6.07) is 8.25. The molecule has 0 aliphatic heterocycles. The summed E-state index contributed by atoms with van der Waals surface area (Å²) in [5, 5.41) is 6.37. The van der Waals surface area contributed by atoms with Gasteiger partial charge in [0.05, 0.1) is 16.3 Å². The van der Waals surface area contributed by atoms with Crippen molar-refractivity contribution in [1.82, 2.24) is 14.8 Å². The number of amides is 1. The first-order valence-corrected chi connectivity index (χ1v) is 6.83. The number of benzene rings is 2. The van der Waals surface area contributed by atoms with E-state index in [1.54, 1.807) is 28.9 Å². The summed E-state index contributed by atoms with van der Waals surface area (Å²) in [5.74, 6) is -2.88. The zero-order valence-corrected chi connectivity index (χ0v) is 12.3. The normalized spacial score (nSPS) is 10.6. The van der Waals surface area contributed by atoms with Crippen molar-refractivity contribution in [2.24, 2.45) is 0 Å². The second kappa shape index (κ2) is 6.13. The molecule has 0 bridgehead atoms. The van der Waals surface area contributed by atoms with E-state index in [9.17, 15) is 13.6 Å². The van der Waals surface area contributed by atoms with Gasteiger partial charge in [-0.1, -0.05) is 11.6 Å². The highest BCUT2D eigenvalue weighted by Crippen LogP contribution is 2.21. The predicted octanol–water partition coefficient (Wildman–Crippen LogP) is 3.45. The molecule has 0 saturated carbocycles. The molecule has 0 saturated heterocycles. The molecule has 23 heavy (non-hydrogen) atoms. The minimum atomic E-state index is -1.14. The fourth-order valence-corrected chi connectivity index (χ4v) is 2.17. The average Bonchev–Trinajstić information content (AvgIpc) is 3.06. The largest absolute Gasteiger partial charge is 0.322 e. The number of carbonyl (C=O) groups excluding carboxylic acids is 1. The zero-order chi connectivity index (χ0) is 16.4. The van der Waals surface area contributed by atoms with Crippen molar-refractivity contribution in [2.75, 3.05) is 5.32 Å². The van der Waals surface area contributed by atoms with Crippen LogP contribution in [-0.2, 0) is 0 Å². The number of rotatable bonds is 3. The number of nitrogens with one attached hydrogen (secondary N) is 1. The quantitative estimate of drug-likeness (QED) is 0.746. The third-order valence-electron chi connectivity index (χ3n) is 3.06. The summed E-state index contributed by atoms with van der Waals surface area (Å²) in [6.45, 7) is 0. The Morgan fingerprint density at radius 3 is 2.48 bits per heavy atom. The van der Waals surface area contributed by atoms with Gasteiger partial charge in [-0.25, -0.2) is 18.4 Å². The molecule has 8 heteroatoms. The fourth-order valence-electron chi connectivity index (χ4n) is 1.93. The molecule has 3 aromatic rings. The van der Waals surface area contributed by atoms with Crippen LogP contribution in [0.15, 0.2) is 49.1 Å². The minimum Gasteiger partial charge on any atom is -0.322 e. The number of aromatic nitrogens is 3. The second-order valence-electron chi connectivity index (χ2n) is 4.59. The molecule has 116 valence electrons. The van der Waals surface area contributed by atoms with Crippen LogP contribution >= 0.6 is 11.6 Å². The molecule has 1 amide bonds. The third kappa shape index (κ3) is 3.19. The Hall–Kier alpha value is -2.80. The van der Waals surface area contributed by atoms with Gasteiger partial charge in [0.15, 0.2) is 11.6 Å². The van der Waals surface area contributed by atoms with Gasteiger partial charge in [-0.15, -0.1) is 0 Å². The number of anilines is 1. The lowest BCUT2D eigenvalue weighted by molar-refractivity contribution is 0.102. The molecule has 0 spiro atoms. The van der Waals surface area contributed by atoms with Crippen molar-refractivity contribution in [1.29, 1.82) is 0 Å². The monoisotopic (exact) mass is 334 g/mol. The molecular weight excluding hydrogens is 326 g/mol. The minimum absolute atomic E-state index is 0.147. The van der Waals surface area contributed by atoms with Crippen LogP contribution < -0.4 is 5.32 Å². The summed E-state index contributed by atoms with van der Waals surface area (Å²) in [4.78, 5) is 15.9. The maximum Gasteiger partial charge on any atom is 0.257 e. The standard InChI is InChI=1S/C15H9ClF2N4O/c16-12-6-14(18)13(17)5-11(12)15(23)21-9-1-3-10(4-2-9)22-8-19-7-20-22/h1-8H,(H,21,23). The van der Waals surface area contributed by atoms with Crippen LogP contribution in [0.3, 0.4) is 0 Å². The topological polar surface area (TPSA) is 59.8 Å². The van der Waals surface area contributed by atoms with E-state index >= 15 is 0 Å². The molecule has 3 rings (SSSR count). The number of nitrogens with zero attached hydrogens (tertiary/aromatic N) is 3. The highest BCUT2D eigenvalue weighted by Gasteiger charge is 2.15. The van der Waals surface area contributed by atoms with E-state index < -0.39 is 17.5 Å². The Kier molecular flexibility index (Phi) is 4.03. The Balaban J connectivity index is 1.79. The molecule has 0 aliphatic rings. The maximum atomic E-state index is 13.2. The van der Waals surface area contributed by atoms with E-state index in [4.69, 9.17) is 11.6 Å². The number of carbonyl (C=O) groups is 1. The smallest absolute Gasteiger partial charge is 0.257 e. The highest BCUT2D eigenvalue weighted by molar-refractivity contribution is 6.34. The van der Waals surface area contributed by atoms with Crippen LogP contribution in [0.5, 0.6) is 0 Å². The Morgan fingerprint density at radius 2 is 1.83 bits per heavy atom. The van der Waals surface area contributed by atoms with E-state index in [-0.39, 0.29) is 10.6 Å². The van der Waals surface area contributed by atoms with Crippen LogP contribution in [0.25, 0.3) is 5.69 Å². The van der Waals surface area contributed by atoms with Crippen LogP contribution in [-0.4, -0.2) is 20.7 Å². The van der Waals surface area contributed by atoms with E-state index in [1.165, 1.54) is 12.7 Å². The molecule has 2 aromatic carbocycles. The van der Waals surface area contributed by atoms with Crippen LogP contribution in [0, 0.1) is 11.6 Å². The van der Waals surface area contributed by atoms with Crippen LogP contribution in [0.4, 0.5) is 14.5 Å². The van der Waals surface area contributed by atoms with Crippen molar-refractivity contribution in [3.8, 4) is 5.69 Å². The first-order valence-electron chi connectivity index (χ1n) is 6.45. The van der Waals surface area contributed by atoms with Crippen molar-refractivity contribution < 1.29 is 13.6 Å². The van der Waals surface area contributed by atoms with Crippen LogP contribution in [0.1, 0.15) is 10.4 Å². The lowest BCUT2D eigenvalue weighted by Crippen LogP contribution is -2.13. The summed E-state index contributed by atoms with van der Waals surface area (Å²) in [7, 11) is 0. The Bertz CT molecular complexity index is 851. The molecule has 1 aromatic heterocycles. The van der Waals surface area contributed by atoms with Gasteiger partial charge in [-0.05, 0) is 36.4 Å². The summed E-state index contributed by atoms with van der Waals surface area (Å²) in [6.07, 6.45) is 2.94. The van der Waals surface area contributed by atoms with Crippen molar-refractivity contribution in [3.05, 3.63) is 71.3 Å². The van der Waals surface area contributed by atoms with Gasteiger partial charge in [0.25, 0.3) is 5.91 Å². The highest BCUT2D eigenvalue weighted by atomic mass is 35.5. The van der Waals surface area contributed by atoms with E-state index in [2.05, 4.69) is 15.4 Å². The Labute approximate surface area is 134 Å². The van der Waals surface area contributed by atoms with E-state index in [0.717, 1.165) is 17.8 Å². The predicted molar refractivity (Wildman–Crippen MR) is 80.7 cm³/mol. The van der Waals surface area contributed by atoms with Gasteiger partial charge in [0.1, 0.15) is 12.7 Å². The molecule has 1 heterocycles. The van der Waals surface area contributed by atoms with Gasteiger partial charge >= 0.3 is 0 Å². The maximum absolute atomic E-state index is 13.2. The molecule has 0 aliphatic carbocycles. The Morgan fingerprint density at radius 1 is 1.13 bits per heavy atom. The van der Waals surface area contributed by atoms with Gasteiger partial charge in [-0.2, -0.15) is 5.10 Å². The molecule has 5 nitrogen and oxygen atoms in total. The first kappa shape index (κ1) is 15.1. The summed E-state index contributed by atoms with van der Waals surface area (Å²) in [5.41, 5.74) is 1.08. The molecule has 0 radical (unpaired) electrons. The van der Waals surface area contributed by atoms with Gasteiger partial charge in [0.2, 0.25) is 0 Å². The second-order valence-corrected chi connectivity index (χ2v) is 4.99. The zero-order valence-electron chi connectivity index (χ0n) is 11.5. The lowest BCUT2D eigenvalue weighted by Gasteiger charge is -2.08. The van der Waals surface area contributed by atoms with Crippen molar-refractivity contribution in [3.63, 3.8) is 0 Å². The SMILES string of the molecule is O=C(Nc1ccc(-n2cncn2)cc1)c1cc(F)c(F)cc1Cl. The number of hydrogen-bond donors (Lipinski definition) is 1. The molecule has 1 N–H and O–H groups in total. The van der Waals surface area contributed by atoms with Gasteiger partial charge in [-0.3, -0.25) is 4.79 Å². The van der Waals surface area contributed by atoms with E-state index in [1.807, 2.05) is 0 Å². The van der Waals surface area contributed by atoms with Crippen molar-refractivity contribution >= 4 is 23.2 Å². The third-order valence-corrected chi connectivity index (χ3v) is 3.38. The lowest BCUT2D eigenvalue weighted by atomic mass is 10.2. The number of halogens is 3. The van der Waals surface area contributed by atoms with Gasteiger partial charge < -0.3 is 5.32 Å². The number of hydrogen-bond acceptors (Lipinski definition) is 3. The fraction of sp³-hybridized carbons (Fsp3) is 0. The molecule has 0 unspecified atom stereocenters. The van der Waals surface area contributed by atoms with Crippen LogP contribution in [0.2, 0.25) is 5.02 Å². The molecular formula is C15H9ClF2N4O. The average molecular weight is 335 g/mol. The summed E-state index contributed by atoms with van der Waals surface area (Å²) >= 11 is 5.77.